The molecule has 2 heterocycles. The number of hydrogen-bond donors (Lipinski definition) is 0. The summed E-state index contributed by atoms with van der Waals surface area (Å²) in [7, 11) is 0. The van der Waals surface area contributed by atoms with Crippen LogP contribution in [0.3, 0.4) is 0 Å². The second kappa shape index (κ2) is 3.70. The summed E-state index contributed by atoms with van der Waals surface area (Å²) in [5.41, 5.74) is 2.93. The zero-order valence-electron chi connectivity index (χ0n) is 9.55. The van der Waals surface area contributed by atoms with Gasteiger partial charge in [0.25, 0.3) is 0 Å². The van der Waals surface area contributed by atoms with E-state index in [1.54, 1.807) is 6.20 Å². The van der Waals surface area contributed by atoms with Gasteiger partial charge in [0, 0.05) is 34.6 Å². The van der Waals surface area contributed by atoms with Gasteiger partial charge in [0.2, 0.25) is 0 Å². The lowest BCUT2D eigenvalue weighted by Gasteiger charge is -2.02. The Hall–Kier alpha value is -2.16. The van der Waals surface area contributed by atoms with Crippen LogP contribution in [0.1, 0.15) is 17.3 Å². The minimum absolute atomic E-state index is 0.711. The van der Waals surface area contributed by atoms with Crippen LogP contribution in [0.2, 0.25) is 0 Å². The van der Waals surface area contributed by atoms with Crippen molar-refractivity contribution in [3.63, 3.8) is 0 Å². The molecule has 0 aliphatic carbocycles. The summed E-state index contributed by atoms with van der Waals surface area (Å²) in [6.07, 6.45) is 4.56. The van der Waals surface area contributed by atoms with E-state index in [4.69, 9.17) is 0 Å². The van der Waals surface area contributed by atoms with Crippen molar-refractivity contribution in [3.8, 4) is 0 Å². The van der Waals surface area contributed by atoms with Gasteiger partial charge in [0.1, 0.15) is 6.29 Å². The van der Waals surface area contributed by atoms with Crippen molar-refractivity contribution in [3.05, 3.63) is 42.2 Å². The number of carbonyl (C=O) groups excluding carboxylic acids is 1. The Morgan fingerprint density at radius 1 is 1.24 bits per heavy atom. The highest BCUT2D eigenvalue weighted by molar-refractivity contribution is 6.08. The van der Waals surface area contributed by atoms with E-state index in [0.29, 0.717) is 5.56 Å². The largest absolute Gasteiger partial charge is 0.339 e. The van der Waals surface area contributed by atoms with E-state index in [2.05, 4.69) is 16.5 Å². The normalized spacial score (nSPS) is 11.1. The van der Waals surface area contributed by atoms with Crippen LogP contribution in [0.15, 0.2) is 36.7 Å². The Balaban J connectivity index is 2.53. The predicted molar refractivity (Wildman–Crippen MR) is 68.3 cm³/mol. The van der Waals surface area contributed by atoms with Gasteiger partial charge in [-0.2, -0.15) is 0 Å². The lowest BCUT2D eigenvalue weighted by atomic mass is 10.1. The number of fused-ring (bicyclic) bond motifs is 3. The molecule has 1 aromatic carbocycles. The fourth-order valence-corrected chi connectivity index (χ4v) is 2.37. The smallest absolute Gasteiger partial charge is 0.150 e. The maximum Gasteiger partial charge on any atom is 0.150 e. The van der Waals surface area contributed by atoms with E-state index < -0.39 is 0 Å². The number of benzene rings is 1. The van der Waals surface area contributed by atoms with Crippen molar-refractivity contribution in [2.75, 3.05) is 0 Å². The highest BCUT2D eigenvalue weighted by Gasteiger charge is 2.09. The maximum atomic E-state index is 10.8. The summed E-state index contributed by atoms with van der Waals surface area (Å²) in [5.74, 6) is 0. The molecule has 3 heteroatoms. The van der Waals surface area contributed by atoms with Crippen molar-refractivity contribution in [1.82, 2.24) is 9.55 Å². The fourth-order valence-electron chi connectivity index (χ4n) is 2.37. The second-order valence-corrected chi connectivity index (χ2v) is 4.03. The van der Waals surface area contributed by atoms with Gasteiger partial charge >= 0.3 is 0 Å². The molecular weight excluding hydrogens is 212 g/mol. The summed E-state index contributed by atoms with van der Waals surface area (Å²) in [5, 5.41) is 2.36. The first-order chi connectivity index (χ1) is 8.35. The minimum Gasteiger partial charge on any atom is -0.339 e. The first-order valence-electron chi connectivity index (χ1n) is 5.66. The van der Waals surface area contributed by atoms with Gasteiger partial charge in [-0.3, -0.25) is 9.78 Å². The number of rotatable bonds is 2. The number of aldehydes is 1. The third-order valence-corrected chi connectivity index (χ3v) is 3.15. The summed E-state index contributed by atoms with van der Waals surface area (Å²) in [4.78, 5) is 15.0. The molecule has 0 bridgehead atoms. The number of aryl methyl sites for hydroxylation is 1. The van der Waals surface area contributed by atoms with Crippen LogP contribution in [-0.4, -0.2) is 15.8 Å². The van der Waals surface area contributed by atoms with Crippen LogP contribution in [0, 0.1) is 0 Å². The van der Waals surface area contributed by atoms with Crippen molar-refractivity contribution >= 4 is 28.1 Å². The van der Waals surface area contributed by atoms with Crippen molar-refractivity contribution in [2.45, 2.75) is 13.5 Å². The van der Waals surface area contributed by atoms with Crippen LogP contribution in [-0.2, 0) is 6.54 Å². The molecule has 0 spiro atoms. The van der Waals surface area contributed by atoms with Crippen molar-refractivity contribution in [1.29, 1.82) is 0 Å². The lowest BCUT2D eigenvalue weighted by Crippen LogP contribution is -1.93. The van der Waals surface area contributed by atoms with E-state index in [-0.39, 0.29) is 0 Å². The molecule has 17 heavy (non-hydrogen) atoms. The van der Waals surface area contributed by atoms with Gasteiger partial charge in [-0.05, 0) is 19.1 Å². The van der Waals surface area contributed by atoms with Gasteiger partial charge in [-0.15, -0.1) is 0 Å². The highest BCUT2D eigenvalue weighted by atomic mass is 16.1. The Kier molecular flexibility index (Phi) is 2.18. The molecule has 0 amide bonds. The van der Waals surface area contributed by atoms with Gasteiger partial charge in [0.15, 0.2) is 0 Å². The molecule has 0 aliphatic rings. The van der Waals surface area contributed by atoms with Crippen LogP contribution in [0.5, 0.6) is 0 Å². The van der Waals surface area contributed by atoms with Gasteiger partial charge < -0.3 is 4.57 Å². The summed E-state index contributed by atoms with van der Waals surface area (Å²) in [6, 6.07) is 7.82. The SMILES string of the molecule is CCn1c2cnccc2c2ccc(C=O)cc21. The van der Waals surface area contributed by atoms with Gasteiger partial charge in [0.05, 0.1) is 11.7 Å². The van der Waals surface area contributed by atoms with Crippen LogP contribution < -0.4 is 0 Å². The molecule has 0 atom stereocenters. The molecule has 3 aromatic rings. The zero-order valence-corrected chi connectivity index (χ0v) is 9.55. The zero-order chi connectivity index (χ0) is 11.8. The van der Waals surface area contributed by atoms with Crippen LogP contribution in [0.4, 0.5) is 0 Å². The average Bonchev–Trinajstić information content (AvgIpc) is 2.71. The van der Waals surface area contributed by atoms with Gasteiger partial charge in [-0.1, -0.05) is 12.1 Å². The molecule has 0 fully saturated rings. The third-order valence-electron chi connectivity index (χ3n) is 3.15. The first-order valence-corrected chi connectivity index (χ1v) is 5.66. The number of carbonyl (C=O) groups is 1. The Labute approximate surface area is 98.7 Å². The molecule has 84 valence electrons. The molecular formula is C14H12N2O. The van der Waals surface area contributed by atoms with E-state index in [0.717, 1.165) is 23.9 Å². The fraction of sp³-hybridized carbons (Fsp3) is 0.143. The first kappa shape index (κ1) is 10.0. The Morgan fingerprint density at radius 3 is 2.82 bits per heavy atom. The van der Waals surface area contributed by atoms with E-state index in [1.165, 1.54) is 10.8 Å². The number of hydrogen-bond acceptors (Lipinski definition) is 2. The monoisotopic (exact) mass is 224 g/mol. The quantitative estimate of drug-likeness (QED) is 0.627. The van der Waals surface area contributed by atoms with Crippen molar-refractivity contribution in [2.24, 2.45) is 0 Å². The number of nitrogens with zero attached hydrogens (tertiary/aromatic N) is 2. The molecule has 0 N–H and O–H groups in total. The second-order valence-electron chi connectivity index (χ2n) is 4.03. The summed E-state index contributed by atoms with van der Waals surface area (Å²) < 4.78 is 2.19. The molecule has 0 aliphatic heterocycles. The lowest BCUT2D eigenvalue weighted by molar-refractivity contribution is 0.112. The third kappa shape index (κ3) is 1.35. The highest BCUT2D eigenvalue weighted by Crippen LogP contribution is 2.28. The van der Waals surface area contributed by atoms with Gasteiger partial charge in [-0.25, -0.2) is 0 Å². The van der Waals surface area contributed by atoms with Crippen LogP contribution >= 0.6 is 0 Å². The van der Waals surface area contributed by atoms with Crippen molar-refractivity contribution < 1.29 is 4.79 Å². The van der Waals surface area contributed by atoms with Crippen LogP contribution in [0.25, 0.3) is 21.8 Å². The number of pyridine rings is 1. The topological polar surface area (TPSA) is 34.9 Å². The van der Waals surface area contributed by atoms with E-state index >= 15 is 0 Å². The molecule has 0 radical (unpaired) electrons. The molecule has 2 aromatic heterocycles. The molecule has 0 saturated carbocycles. The molecule has 0 saturated heterocycles. The summed E-state index contributed by atoms with van der Waals surface area (Å²) >= 11 is 0. The standard InChI is InChI=1S/C14H12N2O/c1-2-16-13-7-10(9-17)3-4-11(13)12-5-6-15-8-14(12)16/h3-9H,2H2,1H3. The predicted octanol–water partition coefficient (Wildman–Crippen LogP) is 3.02. The molecule has 3 rings (SSSR count). The van der Waals surface area contributed by atoms with E-state index in [1.807, 2.05) is 30.5 Å². The summed E-state index contributed by atoms with van der Waals surface area (Å²) in [6.45, 7) is 2.97. The Morgan fingerprint density at radius 2 is 2.06 bits per heavy atom. The number of aromatic nitrogens is 2. The average molecular weight is 224 g/mol. The Bertz CT molecular complexity index is 713. The molecule has 3 nitrogen and oxygen atoms in total. The maximum absolute atomic E-state index is 10.8. The van der Waals surface area contributed by atoms with E-state index in [9.17, 15) is 4.79 Å². The minimum atomic E-state index is 0.711. The molecule has 0 unspecified atom stereocenters.